The molecule has 0 radical (unpaired) electrons. The molecule has 106 valence electrons. The van der Waals surface area contributed by atoms with Gasteiger partial charge in [-0.15, -0.1) is 11.3 Å². The first-order valence-electron chi connectivity index (χ1n) is 6.83. The SMILES string of the molecule is CCC(N)(CC)C(=O)N1CCN(c2nccs2)CC1. The monoisotopic (exact) mass is 282 g/mol. The number of nitrogens with two attached hydrogens (primary N) is 1. The largest absolute Gasteiger partial charge is 0.345 e. The van der Waals surface area contributed by atoms with Crippen molar-refractivity contribution >= 4 is 22.4 Å². The predicted octanol–water partition coefficient (Wildman–Crippen LogP) is 1.31. The maximum atomic E-state index is 12.4. The van der Waals surface area contributed by atoms with Crippen molar-refractivity contribution in [2.45, 2.75) is 32.2 Å². The second kappa shape index (κ2) is 5.88. The molecule has 1 amide bonds. The zero-order chi connectivity index (χ0) is 13.9. The first-order valence-corrected chi connectivity index (χ1v) is 7.71. The zero-order valence-electron chi connectivity index (χ0n) is 11.6. The van der Waals surface area contributed by atoms with Crippen LogP contribution in [0.5, 0.6) is 0 Å². The average Bonchev–Trinajstić information content (AvgIpc) is 3.00. The van der Waals surface area contributed by atoms with Crippen LogP contribution < -0.4 is 10.6 Å². The number of carbonyl (C=O) groups is 1. The summed E-state index contributed by atoms with van der Waals surface area (Å²) in [6, 6.07) is 0. The molecule has 0 aromatic carbocycles. The predicted molar refractivity (Wildman–Crippen MR) is 78.4 cm³/mol. The normalized spacial score (nSPS) is 16.8. The van der Waals surface area contributed by atoms with Crippen LogP contribution in [-0.2, 0) is 4.79 Å². The lowest BCUT2D eigenvalue weighted by molar-refractivity contribution is -0.137. The fraction of sp³-hybridized carbons (Fsp3) is 0.692. The highest BCUT2D eigenvalue weighted by atomic mass is 32.1. The van der Waals surface area contributed by atoms with Gasteiger partial charge >= 0.3 is 0 Å². The third-order valence-corrected chi connectivity index (χ3v) is 4.78. The van der Waals surface area contributed by atoms with Crippen LogP contribution in [0.3, 0.4) is 0 Å². The summed E-state index contributed by atoms with van der Waals surface area (Å²) in [4.78, 5) is 20.9. The molecule has 1 aliphatic heterocycles. The van der Waals surface area contributed by atoms with E-state index in [4.69, 9.17) is 5.73 Å². The Balaban J connectivity index is 1.95. The van der Waals surface area contributed by atoms with Crippen LogP contribution in [0.2, 0.25) is 0 Å². The third kappa shape index (κ3) is 2.90. The van der Waals surface area contributed by atoms with Gasteiger partial charge in [-0.25, -0.2) is 4.98 Å². The summed E-state index contributed by atoms with van der Waals surface area (Å²) in [5.41, 5.74) is 5.49. The molecular weight excluding hydrogens is 260 g/mol. The Morgan fingerprint density at radius 2 is 2.00 bits per heavy atom. The van der Waals surface area contributed by atoms with E-state index in [0.29, 0.717) is 12.8 Å². The summed E-state index contributed by atoms with van der Waals surface area (Å²) in [5.74, 6) is 0.0938. The van der Waals surface area contributed by atoms with Gasteiger partial charge in [-0.05, 0) is 12.8 Å². The molecule has 5 nitrogen and oxygen atoms in total. The van der Waals surface area contributed by atoms with Gasteiger partial charge in [0.15, 0.2) is 5.13 Å². The smallest absolute Gasteiger partial charge is 0.242 e. The molecule has 0 unspecified atom stereocenters. The van der Waals surface area contributed by atoms with Crippen molar-refractivity contribution in [3.8, 4) is 0 Å². The molecule has 19 heavy (non-hydrogen) atoms. The molecule has 0 spiro atoms. The number of anilines is 1. The van der Waals surface area contributed by atoms with Crippen LogP contribution in [-0.4, -0.2) is 47.5 Å². The Kier molecular flexibility index (Phi) is 4.42. The average molecular weight is 282 g/mol. The van der Waals surface area contributed by atoms with E-state index >= 15 is 0 Å². The summed E-state index contributed by atoms with van der Waals surface area (Å²) in [5, 5.41) is 3.02. The van der Waals surface area contributed by atoms with Gasteiger partial charge in [-0.2, -0.15) is 0 Å². The maximum Gasteiger partial charge on any atom is 0.242 e. The standard InChI is InChI=1S/C13H22N4OS/c1-3-13(14,4-2)11(18)16-6-8-17(9-7-16)12-15-5-10-19-12/h5,10H,3-4,6-9,14H2,1-2H3. The lowest BCUT2D eigenvalue weighted by atomic mass is 9.92. The number of aromatic nitrogens is 1. The molecule has 2 rings (SSSR count). The number of carbonyl (C=O) groups excluding carboxylic acids is 1. The van der Waals surface area contributed by atoms with Crippen molar-refractivity contribution in [3.63, 3.8) is 0 Å². The third-order valence-electron chi connectivity index (χ3n) is 3.94. The van der Waals surface area contributed by atoms with Crippen LogP contribution in [0.1, 0.15) is 26.7 Å². The highest BCUT2D eigenvalue weighted by Gasteiger charge is 2.35. The molecule has 6 heteroatoms. The number of hydrogen-bond acceptors (Lipinski definition) is 5. The summed E-state index contributed by atoms with van der Waals surface area (Å²) in [6.07, 6.45) is 3.20. The molecule has 0 saturated carbocycles. The lowest BCUT2D eigenvalue weighted by Crippen LogP contribution is -2.59. The fourth-order valence-corrected chi connectivity index (χ4v) is 3.04. The van der Waals surface area contributed by atoms with E-state index in [1.165, 1.54) is 0 Å². The number of nitrogens with zero attached hydrogens (tertiary/aromatic N) is 3. The number of thiazole rings is 1. The molecule has 0 aliphatic carbocycles. The Labute approximate surface area is 118 Å². The lowest BCUT2D eigenvalue weighted by Gasteiger charge is -2.39. The summed E-state index contributed by atoms with van der Waals surface area (Å²) < 4.78 is 0. The molecule has 1 aromatic rings. The van der Waals surface area contributed by atoms with Crippen molar-refractivity contribution < 1.29 is 4.79 Å². The Morgan fingerprint density at radius 1 is 1.37 bits per heavy atom. The number of rotatable bonds is 4. The first kappa shape index (κ1) is 14.3. The topological polar surface area (TPSA) is 62.5 Å². The van der Waals surface area contributed by atoms with E-state index in [2.05, 4.69) is 9.88 Å². The molecular formula is C13H22N4OS. The number of hydrogen-bond donors (Lipinski definition) is 1. The highest BCUT2D eigenvalue weighted by molar-refractivity contribution is 7.13. The van der Waals surface area contributed by atoms with Gasteiger partial charge in [0.05, 0.1) is 5.54 Å². The van der Waals surface area contributed by atoms with Crippen molar-refractivity contribution in [1.29, 1.82) is 0 Å². The fourth-order valence-electron chi connectivity index (χ4n) is 2.34. The van der Waals surface area contributed by atoms with Gasteiger partial charge in [0.1, 0.15) is 0 Å². The van der Waals surface area contributed by atoms with Gasteiger partial charge in [0.25, 0.3) is 0 Å². The molecule has 0 atom stereocenters. The summed E-state index contributed by atoms with van der Waals surface area (Å²) in [6.45, 7) is 7.10. The minimum atomic E-state index is -0.691. The quantitative estimate of drug-likeness (QED) is 0.904. The molecule has 2 heterocycles. The number of amides is 1. The van der Waals surface area contributed by atoms with Crippen molar-refractivity contribution in [2.24, 2.45) is 5.73 Å². The highest BCUT2D eigenvalue weighted by Crippen LogP contribution is 2.21. The van der Waals surface area contributed by atoms with Gasteiger partial charge < -0.3 is 15.5 Å². The molecule has 2 N–H and O–H groups in total. The Bertz CT molecular complexity index is 408. The molecule has 1 aliphatic rings. The van der Waals surface area contributed by atoms with E-state index in [9.17, 15) is 4.79 Å². The van der Waals surface area contributed by atoms with Gasteiger partial charge in [0, 0.05) is 37.8 Å². The zero-order valence-corrected chi connectivity index (χ0v) is 12.4. The van der Waals surface area contributed by atoms with Crippen molar-refractivity contribution in [2.75, 3.05) is 31.1 Å². The van der Waals surface area contributed by atoms with E-state index in [0.717, 1.165) is 31.3 Å². The minimum absolute atomic E-state index is 0.0938. The van der Waals surface area contributed by atoms with Crippen LogP contribution in [0.4, 0.5) is 5.13 Å². The second-order valence-electron chi connectivity index (χ2n) is 4.96. The molecule has 1 fully saturated rings. The van der Waals surface area contributed by atoms with E-state index in [1.807, 2.05) is 30.3 Å². The van der Waals surface area contributed by atoms with Crippen LogP contribution in [0.25, 0.3) is 0 Å². The van der Waals surface area contributed by atoms with Crippen molar-refractivity contribution in [3.05, 3.63) is 11.6 Å². The van der Waals surface area contributed by atoms with Gasteiger partial charge in [-0.3, -0.25) is 4.79 Å². The van der Waals surface area contributed by atoms with Crippen LogP contribution in [0, 0.1) is 0 Å². The van der Waals surface area contributed by atoms with Gasteiger partial charge in [-0.1, -0.05) is 13.8 Å². The van der Waals surface area contributed by atoms with E-state index in [-0.39, 0.29) is 5.91 Å². The maximum absolute atomic E-state index is 12.4. The second-order valence-corrected chi connectivity index (χ2v) is 5.83. The summed E-state index contributed by atoms with van der Waals surface area (Å²) in [7, 11) is 0. The Hall–Kier alpha value is -1.14. The van der Waals surface area contributed by atoms with E-state index < -0.39 is 5.54 Å². The van der Waals surface area contributed by atoms with Crippen molar-refractivity contribution in [1.82, 2.24) is 9.88 Å². The molecule has 0 bridgehead atoms. The molecule has 1 aromatic heterocycles. The Morgan fingerprint density at radius 3 is 2.47 bits per heavy atom. The van der Waals surface area contributed by atoms with E-state index in [1.54, 1.807) is 11.3 Å². The van der Waals surface area contributed by atoms with Crippen LogP contribution >= 0.6 is 11.3 Å². The minimum Gasteiger partial charge on any atom is -0.345 e. The number of piperazine rings is 1. The van der Waals surface area contributed by atoms with Crippen LogP contribution in [0.15, 0.2) is 11.6 Å². The first-order chi connectivity index (χ1) is 9.10. The summed E-state index contributed by atoms with van der Waals surface area (Å²) >= 11 is 1.64. The molecule has 1 saturated heterocycles. The van der Waals surface area contributed by atoms with Gasteiger partial charge in [0.2, 0.25) is 5.91 Å².